The number of rotatable bonds is 2. The quantitative estimate of drug-likeness (QED) is 0.761. The van der Waals surface area contributed by atoms with Crippen LogP contribution in [-0.2, 0) is 0 Å². The third-order valence-corrected chi connectivity index (χ3v) is 7.14. The molecular formula is C16H23F3O. The molecule has 4 rings (SSSR count). The number of fused-ring (bicyclic) bond motifs is 9. The highest BCUT2D eigenvalue weighted by Crippen LogP contribution is 2.69. The Balaban J connectivity index is 1.51. The largest absolute Gasteiger partial charge is 0.416 e. The molecule has 1 nitrogen and oxygen atoms in total. The maximum atomic E-state index is 12.9. The molecule has 0 aromatic heterocycles. The molecule has 8 unspecified atom stereocenters. The molecule has 4 aliphatic carbocycles. The van der Waals surface area contributed by atoms with Gasteiger partial charge in [0, 0.05) is 0 Å². The first kappa shape index (κ1) is 13.4. The summed E-state index contributed by atoms with van der Waals surface area (Å²) in [6.07, 6.45) is 1.49. The van der Waals surface area contributed by atoms with Gasteiger partial charge in [-0.3, -0.25) is 0 Å². The molecule has 0 heterocycles. The van der Waals surface area contributed by atoms with Crippen molar-refractivity contribution in [2.75, 3.05) is 0 Å². The highest BCUT2D eigenvalue weighted by Gasteiger charge is 2.63. The summed E-state index contributed by atoms with van der Waals surface area (Å²) < 4.78 is 38.7. The van der Waals surface area contributed by atoms with Crippen LogP contribution in [0.3, 0.4) is 0 Å². The van der Waals surface area contributed by atoms with Crippen LogP contribution in [0.25, 0.3) is 0 Å². The monoisotopic (exact) mass is 288 g/mol. The first-order valence-electron chi connectivity index (χ1n) is 8.07. The predicted molar refractivity (Wildman–Crippen MR) is 68.8 cm³/mol. The van der Waals surface area contributed by atoms with E-state index < -0.39 is 11.8 Å². The lowest BCUT2D eigenvalue weighted by atomic mass is 9.66. The molecule has 0 spiro atoms. The Kier molecular flexibility index (Phi) is 2.64. The molecule has 20 heavy (non-hydrogen) atoms. The average molecular weight is 288 g/mol. The van der Waals surface area contributed by atoms with E-state index in [1.165, 1.54) is 19.3 Å². The van der Waals surface area contributed by atoms with E-state index in [0.717, 1.165) is 37.5 Å². The lowest BCUT2D eigenvalue weighted by molar-refractivity contribution is -0.260. The molecule has 4 aliphatic rings. The Morgan fingerprint density at radius 2 is 1.60 bits per heavy atom. The molecule has 0 saturated heterocycles. The van der Waals surface area contributed by atoms with Gasteiger partial charge in [0.1, 0.15) is 0 Å². The molecule has 4 fully saturated rings. The van der Waals surface area contributed by atoms with Crippen LogP contribution in [0.15, 0.2) is 0 Å². The van der Waals surface area contributed by atoms with Crippen molar-refractivity contribution in [3.8, 4) is 0 Å². The van der Waals surface area contributed by atoms with Crippen molar-refractivity contribution in [1.29, 1.82) is 0 Å². The SMILES string of the molecule is CC(O)(CC1CC2CC1C1C3CCC(C3)C21)C(F)(F)F. The average Bonchev–Trinajstić information content (AvgIpc) is 3.04. The minimum atomic E-state index is -4.50. The zero-order valence-corrected chi connectivity index (χ0v) is 11.9. The Bertz CT molecular complexity index is 416. The zero-order chi connectivity index (χ0) is 14.3. The summed E-state index contributed by atoms with van der Waals surface area (Å²) in [4.78, 5) is 0. The molecule has 0 radical (unpaired) electrons. The third-order valence-electron chi connectivity index (χ3n) is 7.14. The Labute approximate surface area is 117 Å². The van der Waals surface area contributed by atoms with Gasteiger partial charge in [-0.25, -0.2) is 0 Å². The summed E-state index contributed by atoms with van der Waals surface area (Å²) in [6.45, 7) is 0.956. The number of hydrogen-bond donors (Lipinski definition) is 1. The van der Waals surface area contributed by atoms with Crippen molar-refractivity contribution in [1.82, 2.24) is 0 Å². The molecule has 4 heteroatoms. The highest BCUT2D eigenvalue weighted by atomic mass is 19.4. The van der Waals surface area contributed by atoms with Gasteiger partial charge in [-0.1, -0.05) is 0 Å². The second-order valence-electron chi connectivity index (χ2n) is 8.12. The summed E-state index contributed by atoms with van der Waals surface area (Å²) in [5, 5.41) is 9.79. The molecule has 1 N–H and O–H groups in total. The standard InChI is InChI=1S/C16H23F3O/c1-15(20,16(17,18)19)7-11-5-10-6-12(11)14-9-3-2-8(4-9)13(10)14/h8-14,20H,2-7H2,1H3. The Morgan fingerprint density at radius 3 is 2.25 bits per heavy atom. The van der Waals surface area contributed by atoms with Crippen LogP contribution in [0, 0.1) is 41.4 Å². The van der Waals surface area contributed by atoms with E-state index in [9.17, 15) is 18.3 Å². The van der Waals surface area contributed by atoms with Gasteiger partial charge in [0.2, 0.25) is 0 Å². The van der Waals surface area contributed by atoms with Crippen LogP contribution < -0.4 is 0 Å². The van der Waals surface area contributed by atoms with Gasteiger partial charge in [0.25, 0.3) is 0 Å². The zero-order valence-electron chi connectivity index (χ0n) is 11.9. The highest BCUT2D eigenvalue weighted by molar-refractivity contribution is 5.11. The second-order valence-corrected chi connectivity index (χ2v) is 8.12. The number of halogens is 3. The smallest absolute Gasteiger partial charge is 0.381 e. The third kappa shape index (κ3) is 1.66. The maximum absolute atomic E-state index is 12.9. The molecule has 4 saturated carbocycles. The van der Waals surface area contributed by atoms with E-state index in [0.29, 0.717) is 17.8 Å². The van der Waals surface area contributed by atoms with Gasteiger partial charge < -0.3 is 5.11 Å². The summed E-state index contributed by atoms with van der Waals surface area (Å²) in [6, 6.07) is 0. The van der Waals surface area contributed by atoms with Crippen LogP contribution in [0.1, 0.15) is 45.4 Å². The second kappa shape index (κ2) is 3.93. The van der Waals surface area contributed by atoms with Gasteiger partial charge in [0.05, 0.1) is 0 Å². The number of alkyl halides is 3. The van der Waals surface area contributed by atoms with Crippen molar-refractivity contribution in [2.24, 2.45) is 41.4 Å². The van der Waals surface area contributed by atoms with Crippen LogP contribution in [0.2, 0.25) is 0 Å². The van der Waals surface area contributed by atoms with E-state index in [1.54, 1.807) is 0 Å². The first-order valence-corrected chi connectivity index (χ1v) is 8.07. The van der Waals surface area contributed by atoms with Crippen molar-refractivity contribution in [3.63, 3.8) is 0 Å². The fourth-order valence-corrected chi connectivity index (χ4v) is 6.56. The molecule has 0 aliphatic heterocycles. The van der Waals surface area contributed by atoms with E-state index in [2.05, 4.69) is 0 Å². The van der Waals surface area contributed by atoms with Gasteiger partial charge in [0.15, 0.2) is 5.60 Å². The van der Waals surface area contributed by atoms with Crippen molar-refractivity contribution in [3.05, 3.63) is 0 Å². The first-order chi connectivity index (χ1) is 9.28. The van der Waals surface area contributed by atoms with Crippen LogP contribution in [0.4, 0.5) is 13.2 Å². The molecule has 114 valence electrons. The van der Waals surface area contributed by atoms with E-state index in [-0.39, 0.29) is 12.3 Å². The van der Waals surface area contributed by atoms with Crippen molar-refractivity contribution in [2.45, 2.75) is 57.2 Å². The molecule has 0 aromatic carbocycles. The normalized spacial score (nSPS) is 52.4. The minimum Gasteiger partial charge on any atom is -0.381 e. The molecule has 4 bridgehead atoms. The lowest BCUT2D eigenvalue weighted by Crippen LogP contribution is -2.45. The summed E-state index contributed by atoms with van der Waals surface area (Å²) >= 11 is 0. The number of aliphatic hydroxyl groups is 1. The van der Waals surface area contributed by atoms with E-state index in [4.69, 9.17) is 0 Å². The van der Waals surface area contributed by atoms with Gasteiger partial charge in [-0.15, -0.1) is 0 Å². The van der Waals surface area contributed by atoms with Gasteiger partial charge in [-0.05, 0) is 86.9 Å². The molecule has 8 atom stereocenters. The van der Waals surface area contributed by atoms with Gasteiger partial charge >= 0.3 is 6.18 Å². The van der Waals surface area contributed by atoms with E-state index in [1.807, 2.05) is 0 Å². The maximum Gasteiger partial charge on any atom is 0.416 e. The Hall–Kier alpha value is -0.250. The summed E-state index contributed by atoms with van der Waals surface area (Å²) in [7, 11) is 0. The van der Waals surface area contributed by atoms with E-state index >= 15 is 0 Å². The van der Waals surface area contributed by atoms with Crippen molar-refractivity contribution < 1.29 is 18.3 Å². The fourth-order valence-electron chi connectivity index (χ4n) is 6.56. The summed E-state index contributed by atoms with van der Waals surface area (Å²) in [5.41, 5.74) is -2.50. The molecule has 0 aromatic rings. The minimum absolute atomic E-state index is 0.0850. The Morgan fingerprint density at radius 1 is 0.950 bits per heavy atom. The van der Waals surface area contributed by atoms with Crippen molar-refractivity contribution >= 4 is 0 Å². The number of hydrogen-bond acceptors (Lipinski definition) is 1. The van der Waals surface area contributed by atoms with Crippen LogP contribution >= 0.6 is 0 Å². The van der Waals surface area contributed by atoms with Crippen LogP contribution in [-0.4, -0.2) is 16.9 Å². The topological polar surface area (TPSA) is 20.2 Å². The lowest BCUT2D eigenvalue weighted by Gasteiger charge is -2.41. The fraction of sp³-hybridized carbons (Fsp3) is 1.00. The van der Waals surface area contributed by atoms with Gasteiger partial charge in [-0.2, -0.15) is 13.2 Å². The summed E-state index contributed by atoms with van der Waals surface area (Å²) in [5.74, 6) is 4.41. The molecule has 0 amide bonds. The predicted octanol–water partition coefficient (Wildman–Crippen LogP) is 4.01. The van der Waals surface area contributed by atoms with Crippen LogP contribution in [0.5, 0.6) is 0 Å². The molecular weight excluding hydrogens is 265 g/mol.